The largest absolute Gasteiger partial charge is 0.508 e. The number of carbonyl (C=O) groups excluding carboxylic acids is 1. The van der Waals surface area contributed by atoms with Crippen molar-refractivity contribution in [1.29, 1.82) is 0 Å². The number of fused-ring (bicyclic) bond motifs is 1. The van der Waals surface area contributed by atoms with E-state index in [1.165, 1.54) is 6.07 Å². The summed E-state index contributed by atoms with van der Waals surface area (Å²) in [5.74, 6) is 0.719. The maximum atomic E-state index is 12.1. The van der Waals surface area contributed by atoms with Crippen LogP contribution in [0.5, 0.6) is 23.0 Å². The van der Waals surface area contributed by atoms with E-state index >= 15 is 0 Å². The van der Waals surface area contributed by atoms with Crippen LogP contribution >= 0.6 is 0 Å². The van der Waals surface area contributed by atoms with Gasteiger partial charge in [-0.15, -0.1) is 0 Å². The Kier molecular flexibility index (Phi) is 5.80. The predicted molar refractivity (Wildman–Crippen MR) is 121 cm³/mol. The maximum Gasteiger partial charge on any atom is 0.310 e. The molecule has 3 N–H and O–H groups in total. The molecule has 1 aliphatic heterocycles. The molecule has 4 rings (SSSR count). The van der Waals surface area contributed by atoms with Gasteiger partial charge in [0.05, 0.1) is 5.41 Å². The zero-order chi connectivity index (χ0) is 22.9. The second-order valence-electron chi connectivity index (χ2n) is 8.19. The van der Waals surface area contributed by atoms with Crippen LogP contribution in [0.15, 0.2) is 66.7 Å². The van der Waals surface area contributed by atoms with E-state index < -0.39 is 11.6 Å². The Morgan fingerprint density at radius 2 is 1.72 bits per heavy atom. The molecule has 166 valence electrons. The number of carbonyl (C=O) groups is 1. The number of rotatable bonds is 6. The van der Waals surface area contributed by atoms with E-state index in [2.05, 4.69) is 5.32 Å². The second kappa shape index (κ2) is 8.55. The number of ether oxygens (including phenoxy) is 2. The van der Waals surface area contributed by atoms with Crippen LogP contribution in [0.25, 0.3) is 0 Å². The molecule has 0 unspecified atom stereocenters. The van der Waals surface area contributed by atoms with Gasteiger partial charge in [0, 0.05) is 23.6 Å². The van der Waals surface area contributed by atoms with Crippen molar-refractivity contribution in [2.24, 2.45) is 0 Å². The molecule has 32 heavy (non-hydrogen) atoms. The van der Waals surface area contributed by atoms with Gasteiger partial charge < -0.3 is 19.7 Å². The van der Waals surface area contributed by atoms with Gasteiger partial charge in [-0.1, -0.05) is 37.3 Å². The zero-order valence-electron chi connectivity index (χ0n) is 18.3. The van der Waals surface area contributed by atoms with E-state index in [0.717, 1.165) is 11.1 Å². The Balaban J connectivity index is 1.83. The number of nitrogens with one attached hydrogen (secondary N) is 1. The molecule has 0 saturated heterocycles. The van der Waals surface area contributed by atoms with Crippen LogP contribution in [0, 0.1) is 0 Å². The first-order valence-corrected chi connectivity index (χ1v) is 10.7. The lowest BCUT2D eigenvalue weighted by Crippen LogP contribution is -2.48. The summed E-state index contributed by atoms with van der Waals surface area (Å²) in [5.41, 5.74) is 1.53. The molecule has 0 bridgehead atoms. The van der Waals surface area contributed by atoms with Crippen molar-refractivity contribution in [3.63, 3.8) is 0 Å². The van der Waals surface area contributed by atoms with Gasteiger partial charge in [0.25, 0.3) is 0 Å². The summed E-state index contributed by atoms with van der Waals surface area (Å²) in [6.07, 6.45) is -0.340. The lowest BCUT2D eigenvalue weighted by atomic mass is 9.75. The molecule has 3 aromatic rings. The lowest BCUT2D eigenvalue weighted by molar-refractivity contribution is -0.134. The van der Waals surface area contributed by atoms with E-state index in [1.807, 2.05) is 44.2 Å². The normalized spacial score (nSPS) is 20.3. The smallest absolute Gasteiger partial charge is 0.310 e. The quantitative estimate of drug-likeness (QED) is 0.383. The van der Waals surface area contributed by atoms with Gasteiger partial charge in [-0.2, -0.15) is 0 Å². The van der Waals surface area contributed by atoms with Crippen molar-refractivity contribution in [3.05, 3.63) is 83.4 Å². The second-order valence-corrected chi connectivity index (χ2v) is 8.19. The van der Waals surface area contributed by atoms with E-state index in [-0.39, 0.29) is 29.9 Å². The van der Waals surface area contributed by atoms with Crippen molar-refractivity contribution in [2.45, 2.75) is 44.9 Å². The highest BCUT2D eigenvalue weighted by Crippen LogP contribution is 2.51. The van der Waals surface area contributed by atoms with Crippen molar-refractivity contribution in [1.82, 2.24) is 5.32 Å². The summed E-state index contributed by atoms with van der Waals surface area (Å²) >= 11 is 0. The third kappa shape index (κ3) is 3.89. The average Bonchev–Trinajstić information content (AvgIpc) is 3.07. The molecular formula is C26H27NO5. The summed E-state index contributed by atoms with van der Waals surface area (Å²) < 4.78 is 11.9. The molecule has 6 nitrogen and oxygen atoms in total. The van der Waals surface area contributed by atoms with E-state index in [9.17, 15) is 15.0 Å². The molecule has 0 aliphatic carbocycles. The first-order chi connectivity index (χ1) is 15.3. The van der Waals surface area contributed by atoms with Gasteiger partial charge in [-0.3, -0.25) is 10.1 Å². The van der Waals surface area contributed by atoms with Gasteiger partial charge >= 0.3 is 5.97 Å². The van der Waals surface area contributed by atoms with Crippen LogP contribution in [-0.2, 0) is 10.2 Å². The Morgan fingerprint density at radius 3 is 2.41 bits per heavy atom. The van der Waals surface area contributed by atoms with Gasteiger partial charge in [-0.25, -0.2) is 0 Å². The summed E-state index contributed by atoms with van der Waals surface area (Å²) in [6.45, 7) is 5.72. The molecule has 0 radical (unpaired) electrons. The zero-order valence-corrected chi connectivity index (χ0v) is 18.3. The van der Waals surface area contributed by atoms with E-state index in [4.69, 9.17) is 9.47 Å². The molecule has 3 atom stereocenters. The number of benzene rings is 3. The highest BCUT2D eigenvalue weighted by Gasteiger charge is 2.49. The van der Waals surface area contributed by atoms with Crippen LogP contribution in [-0.4, -0.2) is 22.4 Å². The monoisotopic (exact) mass is 433 g/mol. The van der Waals surface area contributed by atoms with Gasteiger partial charge in [0.1, 0.15) is 23.0 Å². The molecule has 3 aromatic carbocycles. The van der Waals surface area contributed by atoms with Gasteiger partial charge in [-0.05, 0) is 55.8 Å². The highest BCUT2D eigenvalue weighted by molar-refractivity contribution is 5.73. The van der Waals surface area contributed by atoms with Crippen LogP contribution in [0.4, 0.5) is 0 Å². The first kappa shape index (κ1) is 21.7. The predicted octanol–water partition coefficient (Wildman–Crippen LogP) is 4.79. The molecule has 1 heterocycles. The molecule has 0 fully saturated rings. The lowest BCUT2D eigenvalue weighted by Gasteiger charge is -2.34. The van der Waals surface area contributed by atoms with Crippen molar-refractivity contribution >= 4 is 5.97 Å². The molecule has 0 saturated carbocycles. The maximum absolute atomic E-state index is 12.1. The third-order valence-electron chi connectivity index (χ3n) is 6.03. The molecule has 0 spiro atoms. The molecule has 6 heteroatoms. The Bertz CT molecular complexity index is 1130. The molecule has 1 aliphatic rings. The standard InChI is InChI=1S/C26H27NO5/c1-4-24(30)31-22-12-10-18(28)14-20(22)26(3)21-15-19(29)11-13-23(21)32-25(26)27-16(2)17-8-6-5-7-9-17/h5-16,25,27-29H,4H2,1-3H3/t16-,25+,26+/m1/s1. The fourth-order valence-electron chi connectivity index (χ4n) is 4.17. The molecule has 0 aromatic heterocycles. The van der Waals surface area contributed by atoms with Gasteiger partial charge in [0.2, 0.25) is 0 Å². The fourth-order valence-corrected chi connectivity index (χ4v) is 4.17. The van der Waals surface area contributed by atoms with Crippen molar-refractivity contribution in [2.75, 3.05) is 0 Å². The van der Waals surface area contributed by atoms with E-state index in [0.29, 0.717) is 17.1 Å². The number of hydrogen-bond donors (Lipinski definition) is 3. The van der Waals surface area contributed by atoms with Crippen LogP contribution in [0.2, 0.25) is 0 Å². The number of phenolic OH excluding ortho intramolecular Hbond substituents is 2. The van der Waals surface area contributed by atoms with Crippen molar-refractivity contribution in [3.8, 4) is 23.0 Å². The third-order valence-corrected chi connectivity index (χ3v) is 6.03. The minimum Gasteiger partial charge on any atom is -0.508 e. The average molecular weight is 434 g/mol. The molecule has 0 amide bonds. The summed E-state index contributed by atoms with van der Waals surface area (Å²) in [5, 5.41) is 24.1. The first-order valence-electron chi connectivity index (χ1n) is 10.7. The van der Waals surface area contributed by atoms with Crippen molar-refractivity contribution < 1.29 is 24.5 Å². The Morgan fingerprint density at radius 1 is 1.06 bits per heavy atom. The topological polar surface area (TPSA) is 88.0 Å². The molecular weight excluding hydrogens is 406 g/mol. The summed E-state index contributed by atoms with van der Waals surface area (Å²) in [7, 11) is 0. The van der Waals surface area contributed by atoms with Crippen LogP contribution in [0.3, 0.4) is 0 Å². The van der Waals surface area contributed by atoms with E-state index in [1.54, 1.807) is 37.3 Å². The number of phenols is 2. The Hall–Kier alpha value is -3.51. The Labute approximate surface area is 187 Å². The van der Waals surface area contributed by atoms with Crippen LogP contribution in [0.1, 0.15) is 49.9 Å². The minimum atomic E-state index is -0.876. The summed E-state index contributed by atoms with van der Waals surface area (Å²) in [6, 6.07) is 19.5. The highest BCUT2D eigenvalue weighted by atomic mass is 16.5. The van der Waals surface area contributed by atoms with Crippen LogP contribution < -0.4 is 14.8 Å². The minimum absolute atomic E-state index is 0.0426. The van der Waals surface area contributed by atoms with Gasteiger partial charge in [0.15, 0.2) is 6.23 Å². The SMILES string of the molecule is CCC(=O)Oc1ccc(O)cc1[C@@]1(C)c2cc(O)ccc2O[C@@H]1N[C@H](C)c1ccccc1. The fraction of sp³-hybridized carbons (Fsp3) is 0.269. The number of hydrogen-bond acceptors (Lipinski definition) is 6. The number of aromatic hydroxyl groups is 2. The summed E-state index contributed by atoms with van der Waals surface area (Å²) in [4.78, 5) is 12.1. The number of esters is 1.